The fourth-order valence-electron chi connectivity index (χ4n) is 2.93. The lowest BCUT2D eigenvalue weighted by atomic mass is 10.1. The standard InChI is InChI=1S/C18H26N2O2.ClH/c1-13(15-5-6-15)20(16-7-9-17(22-2)10-8-16)18(21)12-19-11-14-3-4-14;/h7-10,13-15,19H,3-6,11-12H2,1-2H3;1H. The van der Waals surface area contributed by atoms with Gasteiger partial charge in [-0.1, -0.05) is 0 Å². The van der Waals surface area contributed by atoms with E-state index in [9.17, 15) is 4.79 Å². The van der Waals surface area contributed by atoms with E-state index in [1.54, 1.807) is 7.11 Å². The Morgan fingerprint density at radius 2 is 1.91 bits per heavy atom. The molecule has 0 aliphatic heterocycles. The number of nitrogens with one attached hydrogen (secondary N) is 1. The van der Waals surface area contributed by atoms with Crippen LogP contribution in [0.2, 0.25) is 0 Å². The number of halogens is 1. The Balaban J connectivity index is 0.00000192. The van der Waals surface area contributed by atoms with Crippen LogP contribution in [0.1, 0.15) is 32.6 Å². The van der Waals surface area contributed by atoms with E-state index in [1.807, 2.05) is 29.2 Å². The Morgan fingerprint density at radius 3 is 2.43 bits per heavy atom. The van der Waals surface area contributed by atoms with Crippen molar-refractivity contribution < 1.29 is 9.53 Å². The maximum Gasteiger partial charge on any atom is 0.241 e. The third-order valence-corrected chi connectivity index (χ3v) is 4.74. The third-order valence-electron chi connectivity index (χ3n) is 4.74. The summed E-state index contributed by atoms with van der Waals surface area (Å²) in [6.07, 6.45) is 5.08. The molecule has 0 radical (unpaired) electrons. The number of rotatable bonds is 8. The van der Waals surface area contributed by atoms with Gasteiger partial charge in [0.05, 0.1) is 13.7 Å². The normalized spacial score (nSPS) is 18.0. The van der Waals surface area contributed by atoms with Gasteiger partial charge in [-0.25, -0.2) is 0 Å². The van der Waals surface area contributed by atoms with E-state index in [4.69, 9.17) is 4.74 Å². The van der Waals surface area contributed by atoms with Gasteiger partial charge in [0, 0.05) is 11.7 Å². The molecule has 2 fully saturated rings. The largest absolute Gasteiger partial charge is 0.497 e. The number of nitrogens with zero attached hydrogens (tertiary/aromatic N) is 1. The molecule has 0 bridgehead atoms. The fraction of sp³-hybridized carbons (Fsp3) is 0.611. The van der Waals surface area contributed by atoms with Crippen LogP contribution in [0.3, 0.4) is 0 Å². The molecule has 0 aromatic heterocycles. The van der Waals surface area contributed by atoms with Gasteiger partial charge in [0.15, 0.2) is 0 Å². The first-order chi connectivity index (χ1) is 10.7. The van der Waals surface area contributed by atoms with E-state index >= 15 is 0 Å². The smallest absolute Gasteiger partial charge is 0.241 e. The average molecular weight is 339 g/mol. The van der Waals surface area contributed by atoms with Crippen molar-refractivity contribution in [2.24, 2.45) is 11.8 Å². The van der Waals surface area contributed by atoms with Crippen LogP contribution >= 0.6 is 12.4 Å². The van der Waals surface area contributed by atoms with Gasteiger partial charge in [-0.15, -0.1) is 12.4 Å². The van der Waals surface area contributed by atoms with Crippen LogP contribution in [0.4, 0.5) is 5.69 Å². The summed E-state index contributed by atoms with van der Waals surface area (Å²) in [7, 11) is 1.66. The van der Waals surface area contributed by atoms with Gasteiger partial charge >= 0.3 is 0 Å². The fourth-order valence-corrected chi connectivity index (χ4v) is 2.93. The quantitative estimate of drug-likeness (QED) is 0.791. The first-order valence-electron chi connectivity index (χ1n) is 8.36. The van der Waals surface area contributed by atoms with E-state index in [0.717, 1.165) is 23.9 Å². The average Bonchev–Trinajstić information content (AvgIpc) is 3.40. The van der Waals surface area contributed by atoms with E-state index in [1.165, 1.54) is 25.7 Å². The summed E-state index contributed by atoms with van der Waals surface area (Å²) in [5.74, 6) is 2.44. The predicted octanol–water partition coefficient (Wildman–Crippen LogP) is 3.25. The number of methoxy groups -OCH3 is 1. The minimum absolute atomic E-state index is 0. The second kappa shape index (κ2) is 8.02. The highest BCUT2D eigenvalue weighted by Gasteiger charge is 2.35. The summed E-state index contributed by atoms with van der Waals surface area (Å²) >= 11 is 0. The number of carbonyl (C=O) groups excluding carboxylic acids is 1. The van der Waals surface area contributed by atoms with Crippen LogP contribution in [0.5, 0.6) is 5.75 Å². The molecular formula is C18H27ClN2O2. The van der Waals surface area contributed by atoms with Crippen molar-refractivity contribution in [2.75, 3.05) is 25.1 Å². The zero-order chi connectivity index (χ0) is 15.5. The van der Waals surface area contributed by atoms with Crippen LogP contribution < -0.4 is 15.0 Å². The molecule has 0 heterocycles. The number of hydrogen-bond donors (Lipinski definition) is 1. The van der Waals surface area contributed by atoms with Gasteiger partial charge in [-0.3, -0.25) is 4.79 Å². The molecule has 2 aliphatic carbocycles. The molecule has 128 valence electrons. The monoisotopic (exact) mass is 338 g/mol. The van der Waals surface area contributed by atoms with Gasteiger partial charge in [0.1, 0.15) is 5.75 Å². The lowest BCUT2D eigenvalue weighted by molar-refractivity contribution is -0.118. The van der Waals surface area contributed by atoms with Crippen LogP contribution in [-0.2, 0) is 4.79 Å². The van der Waals surface area contributed by atoms with Gasteiger partial charge in [-0.05, 0) is 75.3 Å². The summed E-state index contributed by atoms with van der Waals surface area (Å²) in [4.78, 5) is 14.7. The van der Waals surface area contributed by atoms with Crippen molar-refractivity contribution in [1.82, 2.24) is 5.32 Å². The summed E-state index contributed by atoms with van der Waals surface area (Å²) in [5, 5.41) is 3.32. The number of carbonyl (C=O) groups is 1. The topological polar surface area (TPSA) is 41.6 Å². The molecular weight excluding hydrogens is 312 g/mol. The van der Waals surface area contributed by atoms with Gasteiger partial charge in [0.2, 0.25) is 5.91 Å². The molecule has 3 rings (SSSR count). The van der Waals surface area contributed by atoms with Crippen molar-refractivity contribution in [2.45, 2.75) is 38.6 Å². The lowest BCUT2D eigenvalue weighted by Gasteiger charge is -2.30. The Bertz CT molecular complexity index is 512. The van der Waals surface area contributed by atoms with E-state index in [2.05, 4.69) is 12.2 Å². The Hall–Kier alpha value is -1.26. The zero-order valence-electron chi connectivity index (χ0n) is 14.0. The van der Waals surface area contributed by atoms with Crippen molar-refractivity contribution in [3.8, 4) is 5.75 Å². The number of anilines is 1. The summed E-state index contributed by atoms with van der Waals surface area (Å²) in [6, 6.07) is 8.08. The second-order valence-corrected chi connectivity index (χ2v) is 6.61. The molecule has 4 nitrogen and oxygen atoms in total. The Morgan fingerprint density at radius 1 is 1.26 bits per heavy atom. The van der Waals surface area contributed by atoms with E-state index in [0.29, 0.717) is 12.5 Å². The summed E-state index contributed by atoms with van der Waals surface area (Å²) in [6.45, 7) is 3.57. The first kappa shape index (κ1) is 18.1. The van der Waals surface area contributed by atoms with Gasteiger partial charge < -0.3 is 15.0 Å². The zero-order valence-corrected chi connectivity index (χ0v) is 14.8. The van der Waals surface area contributed by atoms with Crippen LogP contribution in [0.15, 0.2) is 24.3 Å². The molecule has 0 saturated heterocycles. The molecule has 1 aromatic rings. The highest BCUT2D eigenvalue weighted by Crippen LogP contribution is 2.37. The molecule has 2 aliphatic rings. The maximum absolute atomic E-state index is 12.7. The molecule has 1 amide bonds. The van der Waals surface area contributed by atoms with Gasteiger partial charge in [-0.2, -0.15) is 0 Å². The maximum atomic E-state index is 12.7. The molecule has 1 N–H and O–H groups in total. The molecule has 5 heteroatoms. The number of ether oxygens (including phenoxy) is 1. The number of hydrogen-bond acceptors (Lipinski definition) is 3. The summed E-state index contributed by atoms with van der Waals surface area (Å²) in [5.41, 5.74) is 0.971. The van der Waals surface area contributed by atoms with Crippen LogP contribution in [-0.4, -0.2) is 32.1 Å². The minimum Gasteiger partial charge on any atom is -0.497 e. The number of amides is 1. The molecule has 1 atom stereocenters. The van der Waals surface area contributed by atoms with E-state index < -0.39 is 0 Å². The van der Waals surface area contributed by atoms with Crippen molar-refractivity contribution in [1.29, 1.82) is 0 Å². The van der Waals surface area contributed by atoms with Gasteiger partial charge in [0.25, 0.3) is 0 Å². The molecule has 1 unspecified atom stereocenters. The minimum atomic E-state index is 0. The molecule has 23 heavy (non-hydrogen) atoms. The first-order valence-corrected chi connectivity index (χ1v) is 8.36. The Labute approximate surface area is 145 Å². The van der Waals surface area contributed by atoms with Crippen molar-refractivity contribution in [3.05, 3.63) is 24.3 Å². The van der Waals surface area contributed by atoms with Crippen LogP contribution in [0, 0.1) is 11.8 Å². The number of benzene rings is 1. The third kappa shape index (κ3) is 4.85. The highest BCUT2D eigenvalue weighted by atomic mass is 35.5. The summed E-state index contributed by atoms with van der Waals surface area (Å²) < 4.78 is 5.21. The van der Waals surface area contributed by atoms with Crippen molar-refractivity contribution in [3.63, 3.8) is 0 Å². The molecule has 0 spiro atoms. The second-order valence-electron chi connectivity index (χ2n) is 6.61. The predicted molar refractivity (Wildman–Crippen MR) is 95.5 cm³/mol. The highest BCUT2D eigenvalue weighted by molar-refractivity contribution is 5.95. The Kier molecular flexibility index (Phi) is 6.31. The lowest BCUT2D eigenvalue weighted by Crippen LogP contribution is -2.45. The van der Waals surface area contributed by atoms with E-state index in [-0.39, 0.29) is 24.4 Å². The SMILES string of the molecule is COc1ccc(N(C(=O)CNCC2CC2)C(C)C2CC2)cc1.Cl. The van der Waals surface area contributed by atoms with Crippen LogP contribution in [0.25, 0.3) is 0 Å². The van der Waals surface area contributed by atoms with Crippen molar-refractivity contribution >= 4 is 24.0 Å². The molecule has 1 aromatic carbocycles. The molecule has 2 saturated carbocycles.